The number of nitriles is 1. The smallest absolute Gasteiger partial charge is 0.246 e. The minimum absolute atomic E-state index is 0.00530. The van der Waals surface area contributed by atoms with E-state index in [1.54, 1.807) is 14.0 Å². The molecule has 1 saturated heterocycles. The van der Waals surface area contributed by atoms with E-state index in [9.17, 15) is 18.8 Å². The molecule has 2 aromatic rings. The van der Waals surface area contributed by atoms with Gasteiger partial charge in [-0.1, -0.05) is 0 Å². The first-order valence-corrected chi connectivity index (χ1v) is 12.1. The van der Waals surface area contributed by atoms with Gasteiger partial charge in [-0.25, -0.2) is 13.4 Å². The summed E-state index contributed by atoms with van der Waals surface area (Å²) < 4.78 is 28.5. The van der Waals surface area contributed by atoms with Gasteiger partial charge in [-0.15, -0.1) is 0 Å². The lowest BCUT2D eigenvalue weighted by Gasteiger charge is -2.31. The second-order valence-corrected chi connectivity index (χ2v) is 10.6. The van der Waals surface area contributed by atoms with Crippen molar-refractivity contribution in [2.75, 3.05) is 23.7 Å². The summed E-state index contributed by atoms with van der Waals surface area (Å²) in [6, 6.07) is 1.91. The first kappa shape index (κ1) is 22.4. The van der Waals surface area contributed by atoms with Crippen molar-refractivity contribution in [3.05, 3.63) is 24.2 Å². The van der Waals surface area contributed by atoms with E-state index >= 15 is 0 Å². The zero-order valence-electron chi connectivity index (χ0n) is 18.2. The van der Waals surface area contributed by atoms with Crippen LogP contribution in [0.25, 0.3) is 0 Å². The second kappa shape index (κ2) is 8.65. The predicted molar refractivity (Wildman–Crippen MR) is 117 cm³/mol. The maximum Gasteiger partial charge on any atom is 0.246 e. The lowest BCUT2D eigenvalue weighted by atomic mass is 10.0. The summed E-state index contributed by atoms with van der Waals surface area (Å²) in [7, 11) is -1.87. The van der Waals surface area contributed by atoms with Crippen LogP contribution >= 0.6 is 0 Å². The van der Waals surface area contributed by atoms with Crippen molar-refractivity contribution in [3.8, 4) is 6.07 Å². The maximum absolute atomic E-state index is 12.8. The molecular weight excluding hydrogens is 432 g/mol. The number of sulfonamides is 1. The van der Waals surface area contributed by atoms with E-state index in [1.807, 2.05) is 0 Å². The Morgan fingerprint density at radius 2 is 2.00 bits per heavy atom. The molecule has 12 heteroatoms. The van der Waals surface area contributed by atoms with Crippen molar-refractivity contribution in [1.29, 1.82) is 5.26 Å². The third kappa shape index (κ3) is 4.55. The van der Waals surface area contributed by atoms with Gasteiger partial charge >= 0.3 is 0 Å². The zero-order chi connectivity index (χ0) is 22.9. The summed E-state index contributed by atoms with van der Waals surface area (Å²) in [5, 5.41) is 30.4. The maximum atomic E-state index is 12.8. The highest BCUT2D eigenvalue weighted by atomic mass is 32.2. The molecule has 4 rings (SSSR count). The Morgan fingerprint density at radius 3 is 2.59 bits per heavy atom. The average Bonchev–Trinajstić information content (AvgIpc) is 3.34. The number of hydrogen-bond donors (Lipinski definition) is 3. The summed E-state index contributed by atoms with van der Waals surface area (Å²) in [4.78, 5) is 8.91. The average molecular weight is 461 g/mol. The molecular formula is C20H28N8O3S. The Kier molecular flexibility index (Phi) is 6.07. The van der Waals surface area contributed by atoms with E-state index in [4.69, 9.17) is 0 Å². The Bertz CT molecular complexity index is 1120. The van der Waals surface area contributed by atoms with E-state index in [0.29, 0.717) is 49.7 Å². The number of aromatic nitrogens is 4. The quantitative estimate of drug-likeness (QED) is 0.575. The molecule has 2 atom stereocenters. The Morgan fingerprint density at radius 1 is 1.25 bits per heavy atom. The van der Waals surface area contributed by atoms with Gasteiger partial charge in [-0.2, -0.15) is 19.6 Å². The van der Waals surface area contributed by atoms with Crippen molar-refractivity contribution in [2.45, 2.75) is 61.6 Å². The number of hydrogen-bond acceptors (Lipinski definition) is 9. The Balaban J connectivity index is 1.40. The standard InChI is InChI=1S/C20H28N8O3S/c1-20(29)7-3-4-17(20)25-18-14(10-21)11-22-19(26-18)24-15-5-8-28(9-6-15)32(30,31)16-12-23-27(2)13-16/h11-13,15,17,29H,3-9H2,1-2H3,(H2,22,24,25,26)/t17?,20-/m1/s1. The minimum Gasteiger partial charge on any atom is -0.388 e. The van der Waals surface area contributed by atoms with Gasteiger partial charge in [0.15, 0.2) is 0 Å². The number of rotatable bonds is 6. The van der Waals surface area contributed by atoms with E-state index in [-0.39, 0.29) is 17.0 Å². The molecule has 11 nitrogen and oxygen atoms in total. The van der Waals surface area contributed by atoms with E-state index in [0.717, 1.165) is 12.8 Å². The number of piperidine rings is 1. The van der Waals surface area contributed by atoms with E-state index in [1.165, 1.54) is 27.6 Å². The topological polar surface area (TPSA) is 149 Å². The lowest BCUT2D eigenvalue weighted by Crippen LogP contribution is -2.42. The fourth-order valence-corrected chi connectivity index (χ4v) is 5.75. The molecule has 3 N–H and O–H groups in total. The number of anilines is 2. The van der Waals surface area contributed by atoms with Gasteiger partial charge in [0.25, 0.3) is 0 Å². The predicted octanol–water partition coefficient (Wildman–Crippen LogP) is 1.06. The molecule has 3 heterocycles. The summed E-state index contributed by atoms with van der Waals surface area (Å²) >= 11 is 0. The fraction of sp³-hybridized carbons (Fsp3) is 0.600. The number of aryl methyl sites for hydroxylation is 1. The molecule has 0 spiro atoms. The zero-order valence-corrected chi connectivity index (χ0v) is 19.0. The first-order chi connectivity index (χ1) is 15.2. The molecule has 32 heavy (non-hydrogen) atoms. The van der Waals surface area contributed by atoms with Crippen molar-refractivity contribution in [3.63, 3.8) is 0 Å². The molecule has 0 amide bonds. The molecule has 2 fully saturated rings. The highest BCUT2D eigenvalue weighted by Crippen LogP contribution is 2.32. The molecule has 2 aromatic heterocycles. The van der Waals surface area contributed by atoms with Gasteiger partial charge in [-0.3, -0.25) is 4.68 Å². The summed E-state index contributed by atoms with van der Waals surface area (Å²) in [6.07, 6.45) is 7.93. The molecule has 0 radical (unpaired) electrons. The summed E-state index contributed by atoms with van der Waals surface area (Å²) in [5.74, 6) is 0.770. The molecule has 0 bridgehead atoms. The van der Waals surface area contributed by atoms with Crippen LogP contribution in [0.4, 0.5) is 11.8 Å². The van der Waals surface area contributed by atoms with Crippen molar-refractivity contribution < 1.29 is 13.5 Å². The van der Waals surface area contributed by atoms with Gasteiger partial charge in [0, 0.05) is 32.4 Å². The van der Waals surface area contributed by atoms with Gasteiger partial charge in [0.2, 0.25) is 16.0 Å². The minimum atomic E-state index is -3.56. The molecule has 2 aliphatic rings. The van der Waals surface area contributed by atoms with Crippen LogP contribution in [-0.2, 0) is 17.1 Å². The fourth-order valence-electron chi connectivity index (χ4n) is 4.29. The van der Waals surface area contributed by atoms with Crippen LogP contribution in [-0.4, -0.2) is 68.4 Å². The molecule has 1 saturated carbocycles. The van der Waals surface area contributed by atoms with Crippen molar-refractivity contribution in [1.82, 2.24) is 24.1 Å². The molecule has 1 aliphatic heterocycles. The SMILES string of the molecule is Cn1cc(S(=O)(=O)N2CCC(Nc3ncc(C#N)c(NC4CCC[C@@]4(C)O)n3)CC2)cn1. The molecule has 172 valence electrons. The van der Waals surface area contributed by atoms with Crippen LogP contribution in [0.2, 0.25) is 0 Å². The van der Waals surface area contributed by atoms with Crippen LogP contribution in [0.5, 0.6) is 0 Å². The molecule has 1 unspecified atom stereocenters. The highest BCUT2D eigenvalue weighted by Gasteiger charge is 2.37. The van der Waals surface area contributed by atoms with Gasteiger partial charge < -0.3 is 15.7 Å². The number of aliphatic hydroxyl groups is 1. The molecule has 0 aromatic carbocycles. The van der Waals surface area contributed by atoms with Crippen LogP contribution < -0.4 is 10.6 Å². The lowest BCUT2D eigenvalue weighted by molar-refractivity contribution is 0.0577. The Labute approximate surface area is 187 Å². The summed E-state index contributed by atoms with van der Waals surface area (Å²) in [6.45, 7) is 2.54. The van der Waals surface area contributed by atoms with Crippen molar-refractivity contribution in [2.24, 2.45) is 7.05 Å². The van der Waals surface area contributed by atoms with E-state index in [2.05, 4.69) is 31.8 Å². The van der Waals surface area contributed by atoms with Gasteiger partial charge in [0.05, 0.1) is 24.0 Å². The number of nitrogens with zero attached hydrogens (tertiary/aromatic N) is 6. The van der Waals surface area contributed by atoms with Crippen LogP contribution in [0.3, 0.4) is 0 Å². The largest absolute Gasteiger partial charge is 0.388 e. The normalized spacial score (nSPS) is 24.9. The number of nitrogens with one attached hydrogen (secondary N) is 2. The monoisotopic (exact) mass is 460 g/mol. The van der Waals surface area contributed by atoms with Crippen LogP contribution in [0.1, 0.15) is 44.6 Å². The Hall–Kier alpha value is -2.75. The third-order valence-corrected chi connectivity index (χ3v) is 8.10. The first-order valence-electron chi connectivity index (χ1n) is 10.7. The third-order valence-electron chi connectivity index (χ3n) is 6.25. The van der Waals surface area contributed by atoms with Gasteiger partial charge in [-0.05, 0) is 39.0 Å². The van der Waals surface area contributed by atoms with Crippen LogP contribution in [0, 0.1) is 11.3 Å². The van der Waals surface area contributed by atoms with E-state index < -0.39 is 15.6 Å². The summed E-state index contributed by atoms with van der Waals surface area (Å²) in [5.41, 5.74) is -0.534. The second-order valence-electron chi connectivity index (χ2n) is 8.69. The van der Waals surface area contributed by atoms with Crippen LogP contribution in [0.15, 0.2) is 23.5 Å². The highest BCUT2D eigenvalue weighted by molar-refractivity contribution is 7.89. The van der Waals surface area contributed by atoms with Gasteiger partial charge in [0.1, 0.15) is 22.3 Å². The molecule has 1 aliphatic carbocycles. The van der Waals surface area contributed by atoms with Crippen molar-refractivity contribution >= 4 is 21.8 Å².